The molecule has 1 saturated heterocycles. The third-order valence-corrected chi connectivity index (χ3v) is 3.65. The van der Waals surface area contributed by atoms with E-state index in [1.807, 2.05) is 5.38 Å². The van der Waals surface area contributed by atoms with Crippen molar-refractivity contribution in [2.75, 3.05) is 19.8 Å². The van der Waals surface area contributed by atoms with Crippen LogP contribution in [-0.4, -0.2) is 31.7 Å². The molecule has 0 spiro atoms. The minimum Gasteiger partial charge on any atom is -0.378 e. The Morgan fingerprint density at radius 2 is 2.53 bits per heavy atom. The molecule has 96 valence electrons. The van der Waals surface area contributed by atoms with Crippen molar-refractivity contribution in [3.63, 3.8) is 0 Å². The van der Waals surface area contributed by atoms with Crippen LogP contribution in [0.4, 0.5) is 0 Å². The molecule has 0 radical (unpaired) electrons. The Balaban J connectivity index is 0.00000144. The Bertz CT molecular complexity index is 364. The first-order valence-electron chi connectivity index (χ1n) is 5.39. The number of amides is 1. The number of carbonyl (C=O) groups excluding carboxylic acids is 1. The monoisotopic (exact) mass is 276 g/mol. The molecule has 1 aromatic heterocycles. The first kappa shape index (κ1) is 14.4. The van der Waals surface area contributed by atoms with Gasteiger partial charge in [0.25, 0.3) is 0 Å². The summed E-state index contributed by atoms with van der Waals surface area (Å²) in [6.45, 7) is 4.57. The lowest BCUT2D eigenvalue weighted by atomic mass is 10.2. The van der Waals surface area contributed by atoms with Crippen LogP contribution in [-0.2, 0) is 16.1 Å². The molecule has 1 amide bonds. The number of morpholine rings is 1. The topological polar surface area (TPSA) is 50.4 Å². The molecule has 2 heterocycles. The lowest BCUT2D eigenvalue weighted by Gasteiger charge is -2.22. The van der Waals surface area contributed by atoms with Gasteiger partial charge in [0.05, 0.1) is 19.8 Å². The number of hydrogen-bond acceptors (Lipinski definition) is 4. The van der Waals surface area contributed by atoms with E-state index in [1.54, 1.807) is 11.3 Å². The van der Waals surface area contributed by atoms with E-state index in [9.17, 15) is 4.79 Å². The first-order valence-corrected chi connectivity index (χ1v) is 6.27. The number of hydrogen-bond donors (Lipinski definition) is 2. The van der Waals surface area contributed by atoms with Crippen LogP contribution in [0, 0.1) is 6.92 Å². The SMILES string of the molecule is Cc1ccsc1CNC(=O)C1COCCN1.Cl. The second kappa shape index (κ2) is 6.96. The molecule has 4 nitrogen and oxygen atoms in total. The van der Waals surface area contributed by atoms with Crippen LogP contribution in [0.25, 0.3) is 0 Å². The average molecular weight is 277 g/mol. The Hall–Kier alpha value is -0.620. The molecule has 0 aliphatic carbocycles. The summed E-state index contributed by atoms with van der Waals surface area (Å²) >= 11 is 1.67. The number of aryl methyl sites for hydroxylation is 1. The smallest absolute Gasteiger partial charge is 0.239 e. The number of thiophene rings is 1. The van der Waals surface area contributed by atoms with E-state index in [-0.39, 0.29) is 24.4 Å². The Kier molecular flexibility index (Phi) is 5.91. The van der Waals surface area contributed by atoms with Crippen LogP contribution >= 0.6 is 23.7 Å². The van der Waals surface area contributed by atoms with E-state index in [4.69, 9.17) is 4.74 Å². The molecule has 1 fully saturated rings. The van der Waals surface area contributed by atoms with Crippen molar-refractivity contribution in [1.29, 1.82) is 0 Å². The number of rotatable bonds is 3. The van der Waals surface area contributed by atoms with Gasteiger partial charge in [-0.05, 0) is 23.9 Å². The molecule has 1 aliphatic heterocycles. The largest absolute Gasteiger partial charge is 0.378 e. The molecule has 2 rings (SSSR count). The molecule has 0 bridgehead atoms. The fourth-order valence-electron chi connectivity index (χ4n) is 1.61. The van der Waals surface area contributed by atoms with Crippen molar-refractivity contribution >= 4 is 29.7 Å². The van der Waals surface area contributed by atoms with Gasteiger partial charge >= 0.3 is 0 Å². The summed E-state index contributed by atoms with van der Waals surface area (Å²) in [5.74, 6) is 0.0208. The van der Waals surface area contributed by atoms with Gasteiger partial charge in [-0.2, -0.15) is 0 Å². The van der Waals surface area contributed by atoms with Crippen LogP contribution in [0.15, 0.2) is 11.4 Å². The van der Waals surface area contributed by atoms with E-state index in [1.165, 1.54) is 10.4 Å². The highest BCUT2D eigenvalue weighted by molar-refractivity contribution is 7.10. The van der Waals surface area contributed by atoms with E-state index >= 15 is 0 Å². The van der Waals surface area contributed by atoms with Crippen LogP contribution in [0.1, 0.15) is 10.4 Å². The van der Waals surface area contributed by atoms with Gasteiger partial charge in [-0.15, -0.1) is 23.7 Å². The quantitative estimate of drug-likeness (QED) is 0.869. The van der Waals surface area contributed by atoms with Crippen LogP contribution < -0.4 is 10.6 Å². The van der Waals surface area contributed by atoms with Crippen LogP contribution in [0.3, 0.4) is 0 Å². The fraction of sp³-hybridized carbons (Fsp3) is 0.545. The minimum atomic E-state index is -0.200. The number of nitrogens with one attached hydrogen (secondary N) is 2. The molecule has 2 N–H and O–H groups in total. The predicted octanol–water partition coefficient (Wildman–Crippen LogP) is 1.08. The zero-order valence-electron chi connectivity index (χ0n) is 9.69. The van der Waals surface area contributed by atoms with E-state index < -0.39 is 0 Å². The maximum atomic E-state index is 11.8. The third kappa shape index (κ3) is 3.96. The van der Waals surface area contributed by atoms with E-state index in [0.717, 1.165) is 6.54 Å². The highest BCUT2D eigenvalue weighted by Crippen LogP contribution is 2.14. The van der Waals surface area contributed by atoms with Gasteiger partial charge in [0, 0.05) is 11.4 Å². The van der Waals surface area contributed by atoms with Gasteiger partial charge in [0.1, 0.15) is 6.04 Å². The normalized spacial score (nSPS) is 19.5. The van der Waals surface area contributed by atoms with E-state index in [2.05, 4.69) is 23.6 Å². The van der Waals surface area contributed by atoms with Gasteiger partial charge in [-0.25, -0.2) is 0 Å². The molecule has 0 saturated carbocycles. The van der Waals surface area contributed by atoms with E-state index in [0.29, 0.717) is 19.8 Å². The van der Waals surface area contributed by atoms with Crippen molar-refractivity contribution in [2.24, 2.45) is 0 Å². The molecule has 0 aromatic carbocycles. The molecule has 1 aliphatic rings. The summed E-state index contributed by atoms with van der Waals surface area (Å²) in [7, 11) is 0. The summed E-state index contributed by atoms with van der Waals surface area (Å²) in [4.78, 5) is 13.0. The average Bonchev–Trinajstić information content (AvgIpc) is 2.73. The minimum absolute atomic E-state index is 0. The molecular weight excluding hydrogens is 260 g/mol. The third-order valence-electron chi connectivity index (χ3n) is 2.63. The molecule has 1 unspecified atom stereocenters. The Morgan fingerprint density at radius 1 is 1.71 bits per heavy atom. The number of halogens is 1. The zero-order valence-corrected chi connectivity index (χ0v) is 11.3. The maximum absolute atomic E-state index is 11.8. The lowest BCUT2D eigenvalue weighted by molar-refractivity contribution is -0.126. The summed E-state index contributed by atoms with van der Waals surface area (Å²) < 4.78 is 5.24. The zero-order chi connectivity index (χ0) is 11.4. The lowest BCUT2D eigenvalue weighted by Crippen LogP contribution is -2.51. The second-order valence-corrected chi connectivity index (χ2v) is 4.83. The molecule has 1 atom stereocenters. The Labute approximate surface area is 111 Å². The van der Waals surface area contributed by atoms with Crippen LogP contribution in [0.5, 0.6) is 0 Å². The summed E-state index contributed by atoms with van der Waals surface area (Å²) in [5, 5.41) is 8.09. The fourth-order valence-corrected chi connectivity index (χ4v) is 2.46. The standard InChI is InChI=1S/C11H16N2O2S.ClH/c1-8-2-5-16-10(8)6-13-11(14)9-7-15-4-3-12-9;/h2,5,9,12H,3-4,6-7H2,1H3,(H,13,14);1H. The van der Waals surface area contributed by atoms with Crippen molar-refractivity contribution < 1.29 is 9.53 Å². The van der Waals surface area contributed by atoms with Gasteiger partial charge in [-0.3, -0.25) is 4.79 Å². The van der Waals surface area contributed by atoms with Crippen molar-refractivity contribution in [3.05, 3.63) is 21.9 Å². The molecular formula is C11H17ClN2O2S. The first-order chi connectivity index (χ1) is 7.77. The van der Waals surface area contributed by atoms with Gasteiger partial charge in [0.15, 0.2) is 0 Å². The second-order valence-electron chi connectivity index (χ2n) is 3.83. The molecule has 1 aromatic rings. The molecule has 6 heteroatoms. The van der Waals surface area contributed by atoms with Crippen molar-refractivity contribution in [3.8, 4) is 0 Å². The van der Waals surface area contributed by atoms with Crippen molar-refractivity contribution in [1.82, 2.24) is 10.6 Å². The predicted molar refractivity (Wildman–Crippen MR) is 70.8 cm³/mol. The maximum Gasteiger partial charge on any atom is 0.239 e. The van der Waals surface area contributed by atoms with Gasteiger partial charge in [0.2, 0.25) is 5.91 Å². The highest BCUT2D eigenvalue weighted by atomic mass is 35.5. The molecule has 17 heavy (non-hydrogen) atoms. The number of carbonyl (C=O) groups is 1. The summed E-state index contributed by atoms with van der Waals surface area (Å²) in [6.07, 6.45) is 0. The highest BCUT2D eigenvalue weighted by Gasteiger charge is 2.20. The Morgan fingerprint density at radius 3 is 3.12 bits per heavy atom. The van der Waals surface area contributed by atoms with Crippen LogP contribution in [0.2, 0.25) is 0 Å². The van der Waals surface area contributed by atoms with Gasteiger partial charge < -0.3 is 15.4 Å². The van der Waals surface area contributed by atoms with Gasteiger partial charge in [-0.1, -0.05) is 0 Å². The number of ether oxygens (including phenoxy) is 1. The summed E-state index contributed by atoms with van der Waals surface area (Å²) in [6, 6.07) is 1.86. The summed E-state index contributed by atoms with van der Waals surface area (Å²) in [5.41, 5.74) is 1.23. The van der Waals surface area contributed by atoms with Crippen molar-refractivity contribution in [2.45, 2.75) is 19.5 Å².